The number of hydrogen-bond acceptors (Lipinski definition) is 9. The first-order valence-electron chi connectivity index (χ1n) is 9.14. The van der Waals surface area contributed by atoms with Crippen LogP contribution < -0.4 is 16.6 Å². The average molecular weight is 417 g/mol. The van der Waals surface area contributed by atoms with Crippen molar-refractivity contribution in [2.75, 3.05) is 18.9 Å². The highest BCUT2D eigenvalue weighted by Gasteiger charge is 2.79. The van der Waals surface area contributed by atoms with Gasteiger partial charge in [0, 0.05) is 24.9 Å². The highest BCUT2D eigenvalue weighted by molar-refractivity contribution is 7.87. The van der Waals surface area contributed by atoms with E-state index in [0.717, 1.165) is 11.0 Å². The molecule has 0 aliphatic carbocycles. The Bertz CT molecular complexity index is 1000. The number of nitrogens with one attached hydrogen (secondary N) is 2. The third-order valence-corrected chi connectivity index (χ3v) is 6.90. The Hall–Kier alpha value is -1.57. The number of aliphatic hydroxyl groups excluding tert-OH is 1. The summed E-state index contributed by atoms with van der Waals surface area (Å²) in [6.07, 6.45) is -0.835. The zero-order valence-electron chi connectivity index (χ0n) is 15.5. The normalized spacial score (nSPS) is 38.5. The van der Waals surface area contributed by atoms with Crippen molar-refractivity contribution >= 4 is 10.1 Å². The van der Waals surface area contributed by atoms with E-state index in [2.05, 4.69) is 10.3 Å². The summed E-state index contributed by atoms with van der Waals surface area (Å²) in [7, 11) is -4.00. The third-order valence-electron chi connectivity index (χ3n) is 5.61. The van der Waals surface area contributed by atoms with Gasteiger partial charge in [0.1, 0.15) is 18.0 Å². The largest absolute Gasteiger partial charge is 0.385 e. The summed E-state index contributed by atoms with van der Waals surface area (Å²) in [5.41, 5.74) is -4.30. The molecule has 3 saturated heterocycles. The van der Waals surface area contributed by atoms with Crippen molar-refractivity contribution in [1.82, 2.24) is 14.9 Å². The molecular weight excluding hydrogens is 394 g/mol. The molecule has 28 heavy (non-hydrogen) atoms. The summed E-state index contributed by atoms with van der Waals surface area (Å²) < 4.78 is 42.9. The number of H-pyrrole nitrogens is 1. The molecule has 3 N–H and O–H groups in total. The molecule has 4 rings (SSSR count). The number of rotatable bonds is 5. The molecule has 0 amide bonds. The maximum atomic E-state index is 12.3. The Morgan fingerprint density at radius 1 is 1.43 bits per heavy atom. The number of ether oxygens (including phenoxy) is 2. The molecule has 1 spiro atoms. The van der Waals surface area contributed by atoms with Gasteiger partial charge in [-0.15, -0.1) is 0 Å². The van der Waals surface area contributed by atoms with Crippen LogP contribution in [0.3, 0.4) is 0 Å². The van der Waals surface area contributed by atoms with Crippen LogP contribution in [-0.2, 0) is 23.8 Å². The molecular formula is C16H23N3O8S. The van der Waals surface area contributed by atoms with Gasteiger partial charge in [0.15, 0.2) is 17.6 Å². The predicted molar refractivity (Wildman–Crippen MR) is 95.2 cm³/mol. The SMILES string of the molecule is CCCCO[C@]12CS(=O)(=O)O[C@@]13[C@@H](CN2)O[C@@H](n1cc(C)c(=O)[nH]c1=O)[C@@H]3O. The Morgan fingerprint density at radius 2 is 2.18 bits per heavy atom. The maximum absolute atomic E-state index is 12.3. The molecule has 0 radical (unpaired) electrons. The Labute approximate surface area is 160 Å². The minimum absolute atomic E-state index is 0.173. The number of aliphatic hydroxyl groups is 1. The molecule has 156 valence electrons. The second-order valence-corrected chi connectivity index (χ2v) is 9.00. The molecule has 12 heteroatoms. The summed E-state index contributed by atoms with van der Waals surface area (Å²) >= 11 is 0. The van der Waals surface area contributed by atoms with Gasteiger partial charge in [-0.3, -0.25) is 23.8 Å². The summed E-state index contributed by atoms with van der Waals surface area (Å²) in [5, 5.41) is 14.1. The minimum atomic E-state index is -4.00. The molecule has 1 aromatic rings. The van der Waals surface area contributed by atoms with Gasteiger partial charge in [0.25, 0.3) is 15.7 Å². The van der Waals surface area contributed by atoms with Crippen LogP contribution in [-0.4, -0.2) is 65.5 Å². The van der Waals surface area contributed by atoms with Gasteiger partial charge in [0.2, 0.25) is 0 Å². The fraction of sp³-hybridized carbons (Fsp3) is 0.750. The van der Waals surface area contributed by atoms with Crippen molar-refractivity contribution in [1.29, 1.82) is 0 Å². The first-order chi connectivity index (χ1) is 13.2. The van der Waals surface area contributed by atoms with E-state index in [-0.39, 0.29) is 18.7 Å². The topological polar surface area (TPSA) is 149 Å². The number of nitrogens with zero attached hydrogens (tertiary/aromatic N) is 1. The molecule has 5 atom stereocenters. The molecule has 1 aromatic heterocycles. The van der Waals surface area contributed by atoms with Crippen LogP contribution in [0.15, 0.2) is 15.8 Å². The van der Waals surface area contributed by atoms with Gasteiger partial charge < -0.3 is 14.6 Å². The lowest BCUT2D eigenvalue weighted by atomic mass is 9.85. The van der Waals surface area contributed by atoms with E-state index in [1.165, 1.54) is 13.1 Å². The van der Waals surface area contributed by atoms with E-state index in [9.17, 15) is 23.1 Å². The number of hydrogen-bond donors (Lipinski definition) is 3. The third kappa shape index (κ3) is 2.63. The van der Waals surface area contributed by atoms with Crippen molar-refractivity contribution in [2.24, 2.45) is 0 Å². The molecule has 11 nitrogen and oxygen atoms in total. The molecule has 0 saturated carbocycles. The van der Waals surface area contributed by atoms with Crippen LogP contribution in [0.4, 0.5) is 0 Å². The predicted octanol–water partition coefficient (Wildman–Crippen LogP) is -1.68. The van der Waals surface area contributed by atoms with E-state index in [0.29, 0.717) is 6.42 Å². The lowest BCUT2D eigenvalue weighted by Gasteiger charge is -2.37. The maximum Gasteiger partial charge on any atom is 0.330 e. The van der Waals surface area contributed by atoms with Crippen LogP contribution in [0.5, 0.6) is 0 Å². The van der Waals surface area contributed by atoms with Gasteiger partial charge in [-0.1, -0.05) is 13.3 Å². The lowest BCUT2D eigenvalue weighted by Crippen LogP contribution is -2.64. The quantitative estimate of drug-likeness (QED) is 0.377. The highest BCUT2D eigenvalue weighted by Crippen LogP contribution is 2.54. The monoisotopic (exact) mass is 417 g/mol. The molecule has 3 aliphatic rings. The fourth-order valence-corrected chi connectivity index (χ4v) is 5.98. The first-order valence-corrected chi connectivity index (χ1v) is 10.7. The number of aryl methyl sites for hydroxylation is 1. The van der Waals surface area contributed by atoms with Gasteiger partial charge in [0.05, 0.1) is 0 Å². The van der Waals surface area contributed by atoms with Gasteiger partial charge in [-0.25, -0.2) is 4.79 Å². The van der Waals surface area contributed by atoms with Crippen LogP contribution in [0.25, 0.3) is 0 Å². The van der Waals surface area contributed by atoms with Crippen LogP contribution in [0.2, 0.25) is 0 Å². The molecule has 4 heterocycles. The highest BCUT2D eigenvalue weighted by atomic mass is 32.2. The van der Waals surface area contributed by atoms with Crippen molar-refractivity contribution in [3.05, 3.63) is 32.6 Å². The zero-order chi connectivity index (χ0) is 20.3. The van der Waals surface area contributed by atoms with E-state index in [1.807, 2.05) is 6.92 Å². The summed E-state index contributed by atoms with van der Waals surface area (Å²) in [6, 6.07) is 0. The second-order valence-electron chi connectivity index (χ2n) is 7.43. The first kappa shape index (κ1) is 19.7. The van der Waals surface area contributed by atoms with Crippen molar-refractivity contribution in [3.63, 3.8) is 0 Å². The molecule has 0 bridgehead atoms. The average Bonchev–Trinajstić information content (AvgIpc) is 3.13. The van der Waals surface area contributed by atoms with Gasteiger partial charge in [-0.05, 0) is 13.3 Å². The molecule has 0 aromatic carbocycles. The number of unbranched alkanes of at least 4 members (excludes halogenated alkanes) is 1. The minimum Gasteiger partial charge on any atom is -0.385 e. The van der Waals surface area contributed by atoms with Gasteiger partial charge in [-0.2, -0.15) is 8.42 Å². The van der Waals surface area contributed by atoms with E-state index in [4.69, 9.17) is 13.7 Å². The zero-order valence-corrected chi connectivity index (χ0v) is 16.3. The smallest absolute Gasteiger partial charge is 0.330 e. The van der Waals surface area contributed by atoms with Crippen LogP contribution in [0.1, 0.15) is 31.6 Å². The van der Waals surface area contributed by atoms with Crippen molar-refractivity contribution in [3.8, 4) is 0 Å². The standard InChI is InChI=1S/C16H23N3O8S/c1-3-4-5-25-15-8-28(23,24)27-16(15)10(6-17-15)26-13(11(16)20)19-7-9(2)12(21)18-14(19)22/h7,10-11,13,17,20H,3-6,8H2,1-2H3,(H,18,21,22)/t10-,11+,13-,15-,16-/m1/s1. The van der Waals surface area contributed by atoms with Crippen molar-refractivity contribution in [2.45, 2.75) is 56.5 Å². The summed E-state index contributed by atoms with van der Waals surface area (Å²) in [5.74, 6) is -0.479. The molecule has 3 aliphatic heterocycles. The second kappa shape index (κ2) is 6.47. The Balaban J connectivity index is 1.77. The fourth-order valence-electron chi connectivity index (χ4n) is 4.25. The number of aromatic nitrogens is 2. The Morgan fingerprint density at radius 3 is 2.89 bits per heavy atom. The van der Waals surface area contributed by atoms with E-state index >= 15 is 0 Å². The molecule has 3 fully saturated rings. The number of aromatic amines is 1. The van der Waals surface area contributed by atoms with E-state index in [1.54, 1.807) is 0 Å². The van der Waals surface area contributed by atoms with Crippen LogP contribution in [0, 0.1) is 6.92 Å². The van der Waals surface area contributed by atoms with E-state index < -0.39 is 56.9 Å². The van der Waals surface area contributed by atoms with Crippen LogP contribution >= 0.6 is 0 Å². The Kier molecular flexibility index (Phi) is 4.56. The van der Waals surface area contributed by atoms with Gasteiger partial charge >= 0.3 is 5.69 Å². The van der Waals surface area contributed by atoms with Crippen molar-refractivity contribution < 1.29 is 27.2 Å². The lowest BCUT2D eigenvalue weighted by molar-refractivity contribution is -0.172. The summed E-state index contributed by atoms with van der Waals surface area (Å²) in [6.45, 7) is 3.92. The molecule has 0 unspecified atom stereocenters. The summed E-state index contributed by atoms with van der Waals surface area (Å²) in [4.78, 5) is 26.1.